The predicted molar refractivity (Wildman–Crippen MR) is 77.2 cm³/mol. The molecule has 106 valence electrons. The zero-order valence-corrected chi connectivity index (χ0v) is 11.7. The summed E-state index contributed by atoms with van der Waals surface area (Å²) >= 11 is 0. The number of benzene rings is 1. The number of ketones is 1. The van der Waals surface area contributed by atoms with Crippen LogP contribution in [0.15, 0.2) is 42.6 Å². The smallest absolute Gasteiger partial charge is 0.338 e. The van der Waals surface area contributed by atoms with E-state index in [0.29, 0.717) is 11.1 Å². The molecule has 0 N–H and O–H groups in total. The van der Waals surface area contributed by atoms with Crippen LogP contribution in [-0.2, 0) is 11.2 Å². The van der Waals surface area contributed by atoms with Crippen LogP contribution in [0.3, 0.4) is 0 Å². The fourth-order valence-electron chi connectivity index (χ4n) is 2.53. The highest BCUT2D eigenvalue weighted by molar-refractivity contribution is 5.96. The van der Waals surface area contributed by atoms with Crippen molar-refractivity contribution in [1.82, 2.24) is 4.98 Å². The van der Waals surface area contributed by atoms with E-state index in [1.165, 1.54) is 6.92 Å². The van der Waals surface area contributed by atoms with Crippen molar-refractivity contribution < 1.29 is 14.3 Å². The normalized spacial score (nSPS) is 16.3. The molecule has 1 aromatic carbocycles. The van der Waals surface area contributed by atoms with Crippen molar-refractivity contribution in [2.24, 2.45) is 0 Å². The van der Waals surface area contributed by atoms with Gasteiger partial charge in [-0.05, 0) is 43.5 Å². The molecule has 21 heavy (non-hydrogen) atoms. The summed E-state index contributed by atoms with van der Waals surface area (Å²) in [5, 5.41) is 0. The van der Waals surface area contributed by atoms with Crippen LogP contribution >= 0.6 is 0 Å². The number of Topliss-reactive ketones (excluding diaryl/α,β-unsaturated/α-hetero) is 1. The Morgan fingerprint density at radius 3 is 2.57 bits per heavy atom. The molecule has 0 unspecified atom stereocenters. The number of nitrogens with zero attached hydrogens (tertiary/aromatic N) is 1. The molecule has 0 radical (unpaired) electrons. The van der Waals surface area contributed by atoms with E-state index in [9.17, 15) is 9.59 Å². The van der Waals surface area contributed by atoms with Gasteiger partial charge >= 0.3 is 5.97 Å². The van der Waals surface area contributed by atoms with Crippen LogP contribution in [0.5, 0.6) is 0 Å². The molecule has 4 nitrogen and oxygen atoms in total. The van der Waals surface area contributed by atoms with Gasteiger partial charge in [-0.1, -0.05) is 18.2 Å². The molecule has 0 fully saturated rings. The quantitative estimate of drug-likeness (QED) is 0.640. The molecule has 1 atom stereocenters. The number of rotatable bonds is 3. The first-order valence-electron chi connectivity index (χ1n) is 6.91. The summed E-state index contributed by atoms with van der Waals surface area (Å²) in [4.78, 5) is 27.7. The fraction of sp³-hybridized carbons (Fsp3) is 0.235. The third-order valence-corrected chi connectivity index (χ3v) is 3.68. The second-order valence-electron chi connectivity index (χ2n) is 5.11. The SMILES string of the molecule is CC(=O)c1ccc(C(=O)O[C@@H]2CCc3cccnc32)cc1. The number of carbonyl (C=O) groups is 2. The molecule has 1 aromatic heterocycles. The summed E-state index contributed by atoms with van der Waals surface area (Å²) in [6.45, 7) is 1.49. The Bertz CT molecular complexity index is 691. The molecule has 0 spiro atoms. The van der Waals surface area contributed by atoms with Crippen molar-refractivity contribution in [3.63, 3.8) is 0 Å². The van der Waals surface area contributed by atoms with Gasteiger partial charge in [0, 0.05) is 11.8 Å². The molecule has 4 heteroatoms. The van der Waals surface area contributed by atoms with Crippen LogP contribution < -0.4 is 0 Å². The molecule has 1 aliphatic rings. The third kappa shape index (κ3) is 2.70. The monoisotopic (exact) mass is 281 g/mol. The molecule has 0 bridgehead atoms. The second-order valence-corrected chi connectivity index (χ2v) is 5.11. The Hall–Kier alpha value is -2.49. The maximum atomic E-state index is 12.2. The summed E-state index contributed by atoms with van der Waals surface area (Å²) in [6, 6.07) is 10.4. The van der Waals surface area contributed by atoms with Crippen molar-refractivity contribution in [3.8, 4) is 0 Å². The Morgan fingerprint density at radius 1 is 1.14 bits per heavy atom. The maximum Gasteiger partial charge on any atom is 0.338 e. The summed E-state index contributed by atoms with van der Waals surface area (Å²) in [7, 11) is 0. The van der Waals surface area contributed by atoms with E-state index in [0.717, 1.165) is 24.1 Å². The van der Waals surface area contributed by atoms with E-state index in [1.807, 2.05) is 12.1 Å². The van der Waals surface area contributed by atoms with E-state index >= 15 is 0 Å². The molecule has 1 heterocycles. The lowest BCUT2D eigenvalue weighted by molar-refractivity contribution is 0.0292. The number of carbonyl (C=O) groups excluding carboxylic acids is 2. The number of hydrogen-bond donors (Lipinski definition) is 0. The number of aryl methyl sites for hydroxylation is 1. The molecule has 3 rings (SSSR count). The van der Waals surface area contributed by atoms with Crippen LogP contribution in [0, 0.1) is 0 Å². The van der Waals surface area contributed by atoms with Gasteiger partial charge in [0.2, 0.25) is 0 Å². The first-order chi connectivity index (χ1) is 10.1. The maximum absolute atomic E-state index is 12.2. The lowest BCUT2D eigenvalue weighted by Gasteiger charge is -2.12. The lowest BCUT2D eigenvalue weighted by Crippen LogP contribution is -2.10. The molecule has 0 aliphatic heterocycles. The minimum Gasteiger partial charge on any atom is -0.452 e. The average molecular weight is 281 g/mol. The minimum atomic E-state index is -0.381. The van der Waals surface area contributed by atoms with Gasteiger partial charge < -0.3 is 4.74 Å². The Balaban J connectivity index is 1.74. The van der Waals surface area contributed by atoms with Gasteiger partial charge in [0.1, 0.15) is 6.10 Å². The molecule has 1 aliphatic carbocycles. The topological polar surface area (TPSA) is 56.3 Å². The third-order valence-electron chi connectivity index (χ3n) is 3.68. The first kappa shape index (κ1) is 13.5. The number of ether oxygens (including phenoxy) is 1. The van der Waals surface area contributed by atoms with Crippen LogP contribution in [0.25, 0.3) is 0 Å². The Labute approximate surface area is 122 Å². The number of esters is 1. The molecule has 0 amide bonds. The van der Waals surface area contributed by atoms with Crippen molar-refractivity contribution >= 4 is 11.8 Å². The van der Waals surface area contributed by atoms with Crippen LogP contribution in [0.4, 0.5) is 0 Å². The summed E-state index contributed by atoms with van der Waals surface area (Å²) in [5.41, 5.74) is 3.03. The van der Waals surface area contributed by atoms with Gasteiger partial charge in [0.05, 0.1) is 11.3 Å². The van der Waals surface area contributed by atoms with Crippen molar-refractivity contribution in [1.29, 1.82) is 0 Å². The summed E-state index contributed by atoms with van der Waals surface area (Å²) in [6.07, 6.45) is 3.09. The highest BCUT2D eigenvalue weighted by Crippen LogP contribution is 2.32. The highest BCUT2D eigenvalue weighted by atomic mass is 16.5. The Kier molecular flexibility index (Phi) is 3.52. The average Bonchev–Trinajstić information content (AvgIpc) is 2.91. The Morgan fingerprint density at radius 2 is 1.86 bits per heavy atom. The van der Waals surface area contributed by atoms with E-state index in [4.69, 9.17) is 4.74 Å². The van der Waals surface area contributed by atoms with Gasteiger partial charge in [-0.15, -0.1) is 0 Å². The van der Waals surface area contributed by atoms with Crippen LogP contribution in [-0.4, -0.2) is 16.7 Å². The zero-order chi connectivity index (χ0) is 14.8. The number of pyridine rings is 1. The second kappa shape index (κ2) is 5.48. The number of hydrogen-bond acceptors (Lipinski definition) is 4. The predicted octanol–water partition coefficient (Wildman–Crippen LogP) is 3.13. The van der Waals surface area contributed by atoms with E-state index in [2.05, 4.69) is 4.98 Å². The van der Waals surface area contributed by atoms with Gasteiger partial charge in [0.25, 0.3) is 0 Å². The summed E-state index contributed by atoms with van der Waals surface area (Å²) in [5.74, 6) is -0.405. The number of fused-ring (bicyclic) bond motifs is 1. The van der Waals surface area contributed by atoms with Crippen LogP contribution in [0.1, 0.15) is 51.4 Å². The molecular weight excluding hydrogens is 266 g/mol. The first-order valence-corrected chi connectivity index (χ1v) is 6.91. The number of aromatic nitrogens is 1. The van der Waals surface area contributed by atoms with E-state index in [1.54, 1.807) is 30.5 Å². The van der Waals surface area contributed by atoms with Crippen molar-refractivity contribution in [3.05, 3.63) is 65.0 Å². The molecular formula is C17H15NO3. The van der Waals surface area contributed by atoms with Gasteiger partial charge in [-0.25, -0.2) is 4.79 Å². The minimum absolute atomic E-state index is 0.0242. The highest BCUT2D eigenvalue weighted by Gasteiger charge is 2.27. The van der Waals surface area contributed by atoms with Crippen molar-refractivity contribution in [2.45, 2.75) is 25.9 Å². The largest absolute Gasteiger partial charge is 0.452 e. The molecule has 0 saturated carbocycles. The zero-order valence-electron chi connectivity index (χ0n) is 11.7. The van der Waals surface area contributed by atoms with Crippen LogP contribution in [0.2, 0.25) is 0 Å². The van der Waals surface area contributed by atoms with Gasteiger partial charge in [0.15, 0.2) is 5.78 Å². The van der Waals surface area contributed by atoms with Crippen molar-refractivity contribution in [2.75, 3.05) is 0 Å². The molecule has 0 saturated heterocycles. The van der Waals surface area contributed by atoms with E-state index in [-0.39, 0.29) is 17.9 Å². The lowest BCUT2D eigenvalue weighted by atomic mass is 10.1. The fourth-order valence-corrected chi connectivity index (χ4v) is 2.53. The standard InChI is InChI=1S/C17H15NO3/c1-11(19)12-4-6-14(7-5-12)17(20)21-15-9-8-13-3-2-10-18-16(13)15/h2-7,10,15H,8-9H2,1H3/t15-/m1/s1. The van der Waals surface area contributed by atoms with Gasteiger partial charge in [-0.2, -0.15) is 0 Å². The summed E-state index contributed by atoms with van der Waals surface area (Å²) < 4.78 is 5.54. The van der Waals surface area contributed by atoms with Gasteiger partial charge in [-0.3, -0.25) is 9.78 Å². The van der Waals surface area contributed by atoms with E-state index < -0.39 is 0 Å². The molecule has 2 aromatic rings.